The molecule has 2 unspecified atom stereocenters. The van der Waals surface area contributed by atoms with E-state index in [1.807, 2.05) is 0 Å². The summed E-state index contributed by atoms with van der Waals surface area (Å²) in [5, 5.41) is 6.92. The molecule has 5 nitrogen and oxygen atoms in total. The van der Waals surface area contributed by atoms with E-state index in [9.17, 15) is 4.79 Å². The second-order valence-corrected chi connectivity index (χ2v) is 5.69. The van der Waals surface area contributed by atoms with Crippen molar-refractivity contribution in [2.45, 2.75) is 19.4 Å². The van der Waals surface area contributed by atoms with Gasteiger partial charge in [-0.3, -0.25) is 4.79 Å². The highest BCUT2D eigenvalue weighted by atomic mass is 32.1. The van der Waals surface area contributed by atoms with E-state index in [2.05, 4.69) is 24.1 Å². The van der Waals surface area contributed by atoms with Crippen molar-refractivity contribution in [2.75, 3.05) is 24.7 Å². The minimum atomic E-state index is -0.197. The van der Waals surface area contributed by atoms with Crippen LogP contribution in [-0.2, 0) is 0 Å². The molecule has 6 heteroatoms. The Morgan fingerprint density at radius 2 is 2.37 bits per heavy atom. The van der Waals surface area contributed by atoms with E-state index in [4.69, 9.17) is 10.5 Å². The highest BCUT2D eigenvalue weighted by Gasteiger charge is 2.34. The molecule has 0 aliphatic heterocycles. The molecule has 0 bridgehead atoms. The van der Waals surface area contributed by atoms with Crippen molar-refractivity contribution in [3.63, 3.8) is 0 Å². The summed E-state index contributed by atoms with van der Waals surface area (Å²) in [5.41, 5.74) is 6.37. The second-order valence-electron chi connectivity index (χ2n) is 4.67. The average Bonchev–Trinajstić information content (AvgIpc) is 2.98. The van der Waals surface area contributed by atoms with E-state index in [1.54, 1.807) is 13.2 Å². The number of thiophene rings is 1. The molecule has 1 aromatic heterocycles. The number of nitrogen functional groups attached to an aromatic ring is 1. The Balaban J connectivity index is 2.19. The lowest BCUT2D eigenvalue weighted by atomic mass is 10.3. The smallest absolute Gasteiger partial charge is 0.263 e. The van der Waals surface area contributed by atoms with Crippen LogP contribution in [0.5, 0.6) is 5.75 Å². The van der Waals surface area contributed by atoms with Crippen molar-refractivity contribution < 1.29 is 9.53 Å². The van der Waals surface area contributed by atoms with Crippen LogP contribution in [0.25, 0.3) is 0 Å². The van der Waals surface area contributed by atoms with Gasteiger partial charge in [0.15, 0.2) is 5.75 Å². The molecular weight excluding hydrogens is 262 g/mol. The predicted octanol–water partition coefficient (Wildman–Crippen LogP) is 2.08. The monoisotopic (exact) mass is 281 g/mol. The first kappa shape index (κ1) is 13.7. The van der Waals surface area contributed by atoms with Gasteiger partial charge in [-0.05, 0) is 12.3 Å². The molecule has 1 aliphatic rings. The third-order valence-electron chi connectivity index (χ3n) is 3.14. The largest absolute Gasteiger partial charge is 0.492 e. The molecule has 0 saturated heterocycles. The zero-order chi connectivity index (χ0) is 14.0. The van der Waals surface area contributed by atoms with Crippen molar-refractivity contribution in [1.82, 2.24) is 5.32 Å². The first-order chi connectivity index (χ1) is 9.08. The number of anilines is 2. The number of hydrogen-bond acceptors (Lipinski definition) is 5. The maximum absolute atomic E-state index is 12.0. The molecule has 1 amide bonds. The number of hydrogen-bond donors (Lipinski definition) is 3. The Hall–Kier alpha value is -1.69. The number of ether oxygens (including phenoxy) is 1. The number of rotatable bonds is 6. The zero-order valence-electron chi connectivity index (χ0n) is 11.2. The van der Waals surface area contributed by atoms with Crippen molar-refractivity contribution >= 4 is 27.9 Å². The van der Waals surface area contributed by atoms with Crippen LogP contribution in [0.4, 0.5) is 10.7 Å². The number of carbonyl (C=O) groups is 1. The lowest BCUT2D eigenvalue weighted by molar-refractivity contribution is 0.0962. The van der Waals surface area contributed by atoms with Gasteiger partial charge in [0.1, 0.15) is 15.6 Å². The number of amides is 1. The van der Waals surface area contributed by atoms with Gasteiger partial charge >= 0.3 is 0 Å². The van der Waals surface area contributed by atoms with Crippen molar-refractivity contribution in [1.29, 1.82) is 0 Å². The molecule has 2 rings (SSSR count). The predicted molar refractivity (Wildman–Crippen MR) is 79.0 cm³/mol. The van der Waals surface area contributed by atoms with Gasteiger partial charge in [-0.25, -0.2) is 0 Å². The van der Waals surface area contributed by atoms with Gasteiger partial charge < -0.3 is 21.1 Å². The average molecular weight is 281 g/mol. The van der Waals surface area contributed by atoms with Crippen LogP contribution in [0.1, 0.15) is 23.0 Å². The minimum absolute atomic E-state index is 0.197. The van der Waals surface area contributed by atoms with E-state index in [0.29, 0.717) is 34.8 Å². The molecule has 1 fully saturated rings. The van der Waals surface area contributed by atoms with Gasteiger partial charge in [0.05, 0.1) is 7.11 Å². The lowest BCUT2D eigenvalue weighted by Gasteiger charge is -2.05. The zero-order valence-corrected chi connectivity index (χ0v) is 12.0. The summed E-state index contributed by atoms with van der Waals surface area (Å²) in [5.74, 6) is 1.02. The van der Waals surface area contributed by atoms with E-state index < -0.39 is 0 Å². The lowest BCUT2D eigenvalue weighted by Crippen LogP contribution is -2.23. The third-order valence-corrected chi connectivity index (χ3v) is 4.26. The van der Waals surface area contributed by atoms with E-state index in [0.717, 1.165) is 11.4 Å². The maximum atomic E-state index is 12.0. The fourth-order valence-electron chi connectivity index (χ4n) is 1.83. The molecule has 1 aliphatic carbocycles. The second kappa shape index (κ2) is 5.52. The van der Waals surface area contributed by atoms with Crippen LogP contribution in [0.15, 0.2) is 12.7 Å². The van der Waals surface area contributed by atoms with Crippen LogP contribution in [0.2, 0.25) is 0 Å². The summed E-state index contributed by atoms with van der Waals surface area (Å²) in [4.78, 5) is 12.4. The highest BCUT2D eigenvalue weighted by molar-refractivity contribution is 7.19. The minimum Gasteiger partial charge on any atom is -0.492 e. The fraction of sp³-hybridized carbons (Fsp3) is 0.462. The van der Waals surface area contributed by atoms with Crippen molar-refractivity contribution in [2.24, 2.45) is 5.92 Å². The number of carbonyl (C=O) groups excluding carboxylic acids is 1. The SMILES string of the molecule is C=CCNC(=O)c1sc(NC2CC2C)c(OC)c1N. The summed E-state index contributed by atoms with van der Waals surface area (Å²) < 4.78 is 5.30. The molecule has 104 valence electrons. The van der Waals surface area contributed by atoms with Gasteiger partial charge in [-0.2, -0.15) is 0 Å². The molecule has 4 N–H and O–H groups in total. The molecule has 1 saturated carbocycles. The summed E-state index contributed by atoms with van der Waals surface area (Å²) in [6, 6.07) is 0.455. The van der Waals surface area contributed by atoms with Crippen LogP contribution in [-0.4, -0.2) is 25.6 Å². The van der Waals surface area contributed by atoms with Crippen LogP contribution in [0.3, 0.4) is 0 Å². The van der Waals surface area contributed by atoms with Crippen LogP contribution in [0, 0.1) is 5.92 Å². The van der Waals surface area contributed by atoms with Gasteiger partial charge in [0.2, 0.25) is 0 Å². The highest BCUT2D eigenvalue weighted by Crippen LogP contribution is 2.45. The van der Waals surface area contributed by atoms with Crippen molar-refractivity contribution in [3.8, 4) is 5.75 Å². The molecule has 1 heterocycles. The maximum Gasteiger partial charge on any atom is 0.263 e. The number of methoxy groups -OCH3 is 1. The van der Waals surface area contributed by atoms with E-state index >= 15 is 0 Å². The first-order valence-electron chi connectivity index (χ1n) is 6.20. The van der Waals surface area contributed by atoms with E-state index in [1.165, 1.54) is 11.3 Å². The Bertz CT molecular complexity index is 498. The van der Waals surface area contributed by atoms with Gasteiger partial charge in [0.25, 0.3) is 5.91 Å². The fourth-order valence-corrected chi connectivity index (χ4v) is 2.90. The van der Waals surface area contributed by atoms with Crippen molar-refractivity contribution in [3.05, 3.63) is 17.5 Å². The molecule has 19 heavy (non-hydrogen) atoms. The molecule has 2 atom stereocenters. The Morgan fingerprint density at radius 3 is 2.89 bits per heavy atom. The van der Waals surface area contributed by atoms with Gasteiger partial charge in [-0.1, -0.05) is 13.0 Å². The standard InChI is InChI=1S/C13H19N3O2S/c1-4-5-15-12(17)11-9(14)10(18-3)13(19-11)16-8-6-7(8)2/h4,7-8,16H,1,5-6,14H2,2-3H3,(H,15,17). The molecule has 1 aromatic rings. The normalized spacial score (nSPS) is 20.7. The van der Waals surface area contributed by atoms with E-state index in [-0.39, 0.29) is 5.91 Å². The van der Waals surface area contributed by atoms with Gasteiger partial charge in [0, 0.05) is 12.6 Å². The van der Waals surface area contributed by atoms with Crippen LogP contribution >= 0.6 is 11.3 Å². The number of nitrogens with two attached hydrogens (primary N) is 1. The quantitative estimate of drug-likeness (QED) is 0.698. The summed E-state index contributed by atoms with van der Waals surface area (Å²) in [6.07, 6.45) is 2.77. The first-order valence-corrected chi connectivity index (χ1v) is 7.02. The summed E-state index contributed by atoms with van der Waals surface area (Å²) in [7, 11) is 1.56. The summed E-state index contributed by atoms with van der Waals surface area (Å²) >= 11 is 1.33. The van der Waals surface area contributed by atoms with Crippen LogP contribution < -0.4 is 21.1 Å². The Morgan fingerprint density at radius 1 is 1.68 bits per heavy atom. The molecule has 0 radical (unpaired) electrons. The molecule has 0 aromatic carbocycles. The summed E-state index contributed by atoms with van der Waals surface area (Å²) in [6.45, 7) is 6.16. The van der Waals surface area contributed by atoms with Gasteiger partial charge in [-0.15, -0.1) is 17.9 Å². The Labute approximate surface area is 116 Å². The topological polar surface area (TPSA) is 76.4 Å². The number of nitrogens with one attached hydrogen (secondary N) is 2. The third kappa shape index (κ3) is 2.84. The Kier molecular flexibility index (Phi) is 3.99. The molecular formula is C13H19N3O2S. The molecule has 0 spiro atoms.